The van der Waals surface area contributed by atoms with Crippen molar-refractivity contribution in [1.82, 2.24) is 24.8 Å². The van der Waals surface area contributed by atoms with Crippen LogP contribution in [-0.2, 0) is 0 Å². The first-order valence-electron chi connectivity index (χ1n) is 7.13. The molecule has 0 saturated heterocycles. The van der Waals surface area contributed by atoms with Crippen LogP contribution in [0.1, 0.15) is 40.0 Å². The minimum absolute atomic E-state index is 0.713. The summed E-state index contributed by atoms with van der Waals surface area (Å²) in [4.78, 5) is 17.0. The monoisotopic (exact) mass is 263 g/mol. The number of fused-ring (bicyclic) bond motifs is 1. The number of hydrogen-bond acceptors (Lipinski definition) is 4. The number of aromatic nitrogens is 4. The van der Waals surface area contributed by atoms with Crippen molar-refractivity contribution < 1.29 is 0 Å². The Hall–Kier alpha value is -1.49. The van der Waals surface area contributed by atoms with Crippen molar-refractivity contribution in [3.63, 3.8) is 0 Å². The molecule has 1 N–H and O–H groups in total. The molecule has 0 amide bonds. The lowest BCUT2D eigenvalue weighted by Crippen LogP contribution is -2.25. The van der Waals surface area contributed by atoms with Crippen molar-refractivity contribution in [1.29, 1.82) is 0 Å². The molecule has 0 fully saturated rings. The first-order chi connectivity index (χ1) is 9.31. The van der Waals surface area contributed by atoms with Gasteiger partial charge < -0.3 is 9.88 Å². The van der Waals surface area contributed by atoms with Crippen molar-refractivity contribution in [3.05, 3.63) is 18.9 Å². The Morgan fingerprint density at radius 1 is 1.00 bits per heavy atom. The molecule has 0 saturated carbocycles. The van der Waals surface area contributed by atoms with Gasteiger partial charge in [-0.15, -0.1) is 0 Å². The number of imidazole rings is 1. The summed E-state index contributed by atoms with van der Waals surface area (Å²) in [6, 6.07) is 0. The van der Waals surface area contributed by atoms with Crippen LogP contribution in [-0.4, -0.2) is 44.5 Å². The van der Waals surface area contributed by atoms with Crippen LogP contribution >= 0.6 is 0 Å². The molecule has 5 heteroatoms. The summed E-state index contributed by atoms with van der Waals surface area (Å²) in [6.45, 7) is 10.6. The van der Waals surface area contributed by atoms with Crippen LogP contribution in [0.15, 0.2) is 18.9 Å². The molecule has 0 spiro atoms. The van der Waals surface area contributed by atoms with Crippen LogP contribution in [0.25, 0.3) is 11.2 Å². The molecule has 0 atom stereocenters. The van der Waals surface area contributed by atoms with Crippen LogP contribution in [0.5, 0.6) is 0 Å². The molecule has 0 unspecified atom stereocenters. The van der Waals surface area contributed by atoms with Gasteiger partial charge in [-0.25, -0.2) is 15.0 Å². The second kappa shape index (κ2) is 9.44. The topological polar surface area (TPSA) is 57.7 Å². The number of nitrogens with zero attached hydrogens (tertiary/aromatic N) is 4. The molecule has 0 aromatic carbocycles. The average molecular weight is 263 g/mol. The summed E-state index contributed by atoms with van der Waals surface area (Å²) in [6.07, 6.45) is 8.64. The van der Waals surface area contributed by atoms with Gasteiger partial charge in [-0.1, -0.05) is 20.8 Å². The van der Waals surface area contributed by atoms with E-state index < -0.39 is 0 Å². The third kappa shape index (κ3) is 5.79. The van der Waals surface area contributed by atoms with E-state index in [1.165, 1.54) is 45.2 Å². The zero-order valence-corrected chi connectivity index (χ0v) is 12.3. The zero-order chi connectivity index (χ0) is 13.9. The van der Waals surface area contributed by atoms with Crippen molar-refractivity contribution in [2.24, 2.45) is 0 Å². The summed E-state index contributed by atoms with van der Waals surface area (Å²) in [5, 5.41) is 0. The maximum atomic E-state index is 3.91. The number of H-pyrrole nitrogens is 1. The van der Waals surface area contributed by atoms with Crippen molar-refractivity contribution in [3.8, 4) is 0 Å². The van der Waals surface area contributed by atoms with Gasteiger partial charge in [0.1, 0.15) is 11.8 Å². The summed E-state index contributed by atoms with van der Waals surface area (Å²) >= 11 is 0. The highest BCUT2D eigenvalue weighted by Gasteiger charge is 1.98. The fourth-order valence-corrected chi connectivity index (χ4v) is 1.97. The Morgan fingerprint density at radius 3 is 2.16 bits per heavy atom. The molecule has 0 aliphatic rings. The summed E-state index contributed by atoms with van der Waals surface area (Å²) in [7, 11) is 0. The number of nitrogens with one attached hydrogen (secondary N) is 1. The van der Waals surface area contributed by atoms with Crippen LogP contribution in [0.4, 0.5) is 0 Å². The smallest absolute Gasteiger partial charge is 0.180 e. The van der Waals surface area contributed by atoms with Crippen molar-refractivity contribution in [2.45, 2.75) is 40.0 Å². The van der Waals surface area contributed by atoms with Crippen LogP contribution in [0.3, 0.4) is 0 Å². The van der Waals surface area contributed by atoms with Crippen molar-refractivity contribution >= 4 is 11.2 Å². The molecule has 0 aliphatic carbocycles. The molecule has 2 aromatic rings. The highest BCUT2D eigenvalue weighted by Crippen LogP contribution is 1.99. The van der Waals surface area contributed by atoms with Gasteiger partial charge >= 0.3 is 0 Å². The van der Waals surface area contributed by atoms with Crippen LogP contribution in [0, 0.1) is 0 Å². The molecule has 106 valence electrons. The van der Waals surface area contributed by atoms with Gasteiger partial charge in [-0.05, 0) is 38.9 Å². The van der Waals surface area contributed by atoms with E-state index >= 15 is 0 Å². The average Bonchev–Trinajstić information content (AvgIpc) is 2.89. The fourth-order valence-electron chi connectivity index (χ4n) is 1.97. The van der Waals surface area contributed by atoms with Gasteiger partial charge in [0, 0.05) is 0 Å². The number of rotatable bonds is 6. The van der Waals surface area contributed by atoms with E-state index in [-0.39, 0.29) is 0 Å². The Kier molecular flexibility index (Phi) is 7.74. The van der Waals surface area contributed by atoms with Gasteiger partial charge in [0.25, 0.3) is 0 Å². The largest absolute Gasteiger partial charge is 0.342 e. The Bertz CT molecular complexity index is 396. The van der Waals surface area contributed by atoms with E-state index in [0.29, 0.717) is 5.65 Å². The normalized spacial score (nSPS) is 10.5. The lowest BCUT2D eigenvalue weighted by Gasteiger charge is -2.19. The minimum atomic E-state index is 0.713. The fraction of sp³-hybridized carbons (Fsp3) is 0.643. The number of aromatic amines is 1. The first-order valence-corrected chi connectivity index (χ1v) is 7.13. The maximum absolute atomic E-state index is 3.91. The maximum Gasteiger partial charge on any atom is 0.180 e. The highest BCUT2D eigenvalue weighted by molar-refractivity contribution is 5.67. The Balaban J connectivity index is 0.000000190. The molecule has 0 radical (unpaired) electrons. The highest BCUT2D eigenvalue weighted by atomic mass is 15.1. The van der Waals surface area contributed by atoms with Gasteiger partial charge in [0.05, 0.1) is 12.5 Å². The minimum Gasteiger partial charge on any atom is -0.342 e. The van der Waals surface area contributed by atoms with Gasteiger partial charge in [-0.3, -0.25) is 0 Å². The van der Waals surface area contributed by atoms with E-state index in [1.807, 2.05) is 0 Å². The molecule has 19 heavy (non-hydrogen) atoms. The molecule has 2 rings (SSSR count). The van der Waals surface area contributed by atoms with E-state index in [0.717, 1.165) is 5.52 Å². The van der Waals surface area contributed by atoms with Crippen LogP contribution in [0.2, 0.25) is 0 Å². The Labute approximate surface area is 115 Å². The molecular weight excluding hydrogens is 238 g/mol. The van der Waals surface area contributed by atoms with E-state index in [2.05, 4.69) is 45.6 Å². The summed E-state index contributed by atoms with van der Waals surface area (Å²) in [5.41, 5.74) is 1.59. The second-order valence-corrected chi connectivity index (χ2v) is 4.50. The predicted octanol–water partition coefficient (Wildman–Crippen LogP) is 2.87. The number of hydrogen-bond donors (Lipinski definition) is 1. The molecule has 2 aromatic heterocycles. The second-order valence-electron chi connectivity index (χ2n) is 4.50. The van der Waals surface area contributed by atoms with Crippen LogP contribution < -0.4 is 0 Å². The first kappa shape index (κ1) is 15.6. The van der Waals surface area contributed by atoms with E-state index in [4.69, 9.17) is 0 Å². The standard InChI is InChI=1S/C9H21N.C5H4N4/c1-4-7-10(8-5-2)9-6-3;1-4-5(8-2-6-1)9-3-7-4/h4-9H2,1-3H3;1-3H,(H,6,7,8,9). The molecule has 0 aliphatic heterocycles. The third-order valence-corrected chi connectivity index (χ3v) is 2.72. The van der Waals surface area contributed by atoms with E-state index in [1.54, 1.807) is 12.5 Å². The zero-order valence-electron chi connectivity index (χ0n) is 12.3. The molecule has 2 heterocycles. The lowest BCUT2D eigenvalue weighted by molar-refractivity contribution is 0.275. The summed E-state index contributed by atoms with van der Waals surface area (Å²) < 4.78 is 0. The summed E-state index contributed by atoms with van der Waals surface area (Å²) in [5.74, 6) is 0. The van der Waals surface area contributed by atoms with Gasteiger partial charge in [0.2, 0.25) is 0 Å². The molecular formula is C14H25N5. The van der Waals surface area contributed by atoms with Gasteiger partial charge in [-0.2, -0.15) is 0 Å². The van der Waals surface area contributed by atoms with Gasteiger partial charge in [0.15, 0.2) is 5.65 Å². The Morgan fingerprint density at radius 2 is 1.63 bits per heavy atom. The quantitative estimate of drug-likeness (QED) is 0.870. The SMILES string of the molecule is CCCN(CCC)CCC.c1ncc2[nH]cnc2n1. The lowest BCUT2D eigenvalue weighted by atomic mass is 10.3. The van der Waals surface area contributed by atoms with Crippen molar-refractivity contribution in [2.75, 3.05) is 19.6 Å². The molecule has 5 nitrogen and oxygen atoms in total. The molecule has 0 bridgehead atoms. The predicted molar refractivity (Wildman–Crippen MR) is 79.0 cm³/mol. The third-order valence-electron chi connectivity index (χ3n) is 2.72. The van der Waals surface area contributed by atoms with E-state index in [9.17, 15) is 0 Å².